The van der Waals surface area contributed by atoms with Crippen LogP contribution in [-0.2, 0) is 25.4 Å². The monoisotopic (exact) mass is 496 g/mol. The highest BCUT2D eigenvalue weighted by Crippen LogP contribution is 2.48. The van der Waals surface area contributed by atoms with Gasteiger partial charge in [0.15, 0.2) is 14.4 Å². The molecule has 2 fully saturated rings. The van der Waals surface area contributed by atoms with E-state index in [1.165, 1.54) is 40.9 Å². The summed E-state index contributed by atoms with van der Waals surface area (Å²) in [5.74, 6) is -1.08. The molecule has 0 aliphatic carbocycles. The maximum absolute atomic E-state index is 13.0. The Bertz CT molecular complexity index is 947. The highest BCUT2D eigenvalue weighted by Gasteiger charge is 2.61. The van der Waals surface area contributed by atoms with Crippen LogP contribution in [0.25, 0.3) is 0 Å². The maximum atomic E-state index is 13.0. The van der Waals surface area contributed by atoms with Gasteiger partial charge >= 0.3 is 5.97 Å². The van der Waals surface area contributed by atoms with Crippen LogP contribution >= 0.6 is 24.0 Å². The Morgan fingerprint density at radius 2 is 1.91 bits per heavy atom. The van der Waals surface area contributed by atoms with Gasteiger partial charge in [-0.05, 0) is 42.8 Å². The Balaban J connectivity index is 1.62. The Hall–Kier alpha value is -1.82. The van der Waals surface area contributed by atoms with Crippen molar-refractivity contribution in [3.05, 3.63) is 39.9 Å². The molecular weight excluding hydrogens is 468 g/mol. The molecule has 1 amide bonds. The van der Waals surface area contributed by atoms with Crippen molar-refractivity contribution in [2.24, 2.45) is 5.92 Å². The van der Waals surface area contributed by atoms with Crippen molar-refractivity contribution in [2.75, 3.05) is 0 Å². The summed E-state index contributed by atoms with van der Waals surface area (Å²) in [6, 6.07) is 4.86. The maximum Gasteiger partial charge on any atom is 0.335 e. The van der Waals surface area contributed by atoms with E-state index in [9.17, 15) is 19.7 Å². The van der Waals surface area contributed by atoms with Gasteiger partial charge in [-0.3, -0.25) is 14.9 Å². The number of amides is 1. The molecule has 1 unspecified atom stereocenters. The standard InChI is InChI=1S/C21H28N2O6S2Si/c1-12(29-32(5,6)21(2,3)4)15-17(24)22-16(20(30)31-18(15)22)19(25)28-11-13-7-9-14(10-8-13)23(26)27/h7-10,12,15-16,18H,11H2,1-6H3/t12-,15+,16?,18+/m0/s1. The van der Waals surface area contributed by atoms with Crippen LogP contribution in [0.5, 0.6) is 0 Å². The number of thiocarbonyl (C=S) groups is 1. The minimum Gasteiger partial charge on any atom is -0.459 e. The van der Waals surface area contributed by atoms with Crippen molar-refractivity contribution < 1.29 is 23.7 Å². The molecule has 4 atom stereocenters. The fraction of sp³-hybridized carbons (Fsp3) is 0.571. The number of hydrogen-bond acceptors (Lipinski definition) is 8. The zero-order valence-electron chi connectivity index (χ0n) is 19.0. The van der Waals surface area contributed by atoms with Gasteiger partial charge in [-0.2, -0.15) is 0 Å². The fourth-order valence-electron chi connectivity index (χ4n) is 3.52. The summed E-state index contributed by atoms with van der Waals surface area (Å²) in [6.07, 6.45) is -0.269. The van der Waals surface area contributed by atoms with Gasteiger partial charge in [0, 0.05) is 12.1 Å². The summed E-state index contributed by atoms with van der Waals surface area (Å²) < 4.78 is 12.2. The van der Waals surface area contributed by atoms with E-state index in [2.05, 4.69) is 33.9 Å². The lowest BCUT2D eigenvalue weighted by atomic mass is 9.91. The second-order valence-corrected chi connectivity index (χ2v) is 16.2. The van der Waals surface area contributed by atoms with E-state index in [1.807, 2.05) is 6.92 Å². The van der Waals surface area contributed by atoms with E-state index in [-0.39, 0.29) is 40.6 Å². The number of carbonyl (C=O) groups is 2. The Labute approximate surface area is 198 Å². The first-order valence-electron chi connectivity index (χ1n) is 10.3. The molecule has 32 heavy (non-hydrogen) atoms. The molecule has 8 nitrogen and oxygen atoms in total. The molecule has 2 aliphatic heterocycles. The third kappa shape index (κ3) is 4.61. The molecule has 0 aromatic heterocycles. The highest BCUT2D eigenvalue weighted by molar-refractivity contribution is 8.24. The van der Waals surface area contributed by atoms with Crippen LogP contribution in [0.15, 0.2) is 24.3 Å². The summed E-state index contributed by atoms with van der Waals surface area (Å²) in [6.45, 7) is 12.6. The Morgan fingerprint density at radius 3 is 2.44 bits per heavy atom. The average molecular weight is 497 g/mol. The minimum atomic E-state index is -2.05. The molecule has 0 radical (unpaired) electrons. The third-order valence-electron chi connectivity index (χ3n) is 6.40. The largest absolute Gasteiger partial charge is 0.459 e. The smallest absolute Gasteiger partial charge is 0.335 e. The van der Waals surface area contributed by atoms with Gasteiger partial charge in [0.2, 0.25) is 5.91 Å². The van der Waals surface area contributed by atoms with Gasteiger partial charge in [-0.25, -0.2) is 4.79 Å². The van der Waals surface area contributed by atoms with E-state index >= 15 is 0 Å². The van der Waals surface area contributed by atoms with Crippen LogP contribution in [-0.4, -0.2) is 51.7 Å². The van der Waals surface area contributed by atoms with Crippen molar-refractivity contribution in [3.63, 3.8) is 0 Å². The van der Waals surface area contributed by atoms with Gasteiger partial charge in [0.25, 0.3) is 5.69 Å². The summed E-state index contributed by atoms with van der Waals surface area (Å²) in [4.78, 5) is 37.5. The Kier molecular flexibility index (Phi) is 6.86. The van der Waals surface area contributed by atoms with Gasteiger partial charge < -0.3 is 14.1 Å². The van der Waals surface area contributed by atoms with E-state index < -0.39 is 25.3 Å². The molecular formula is C21H28N2O6S2Si. The van der Waals surface area contributed by atoms with Crippen molar-refractivity contribution >= 4 is 54.1 Å². The number of esters is 1. The zero-order valence-corrected chi connectivity index (χ0v) is 21.6. The Morgan fingerprint density at radius 1 is 1.31 bits per heavy atom. The number of non-ortho nitro benzene ring substituents is 1. The number of β-lactam (4-membered cyclic amide) rings is 1. The lowest BCUT2D eigenvalue weighted by Gasteiger charge is -2.48. The predicted octanol–water partition coefficient (Wildman–Crippen LogP) is 4.28. The number of thioether (sulfide) groups is 1. The first-order valence-corrected chi connectivity index (χ1v) is 14.5. The molecule has 1 aromatic rings. The second kappa shape index (κ2) is 8.84. The molecule has 174 valence electrons. The average Bonchev–Trinajstić information content (AvgIpc) is 2.97. The second-order valence-electron chi connectivity index (χ2n) is 9.62. The first kappa shape index (κ1) is 24.8. The number of ether oxygens (including phenoxy) is 1. The van der Waals surface area contributed by atoms with Crippen LogP contribution in [0.2, 0.25) is 18.1 Å². The van der Waals surface area contributed by atoms with E-state index in [0.717, 1.165) is 0 Å². The first-order chi connectivity index (χ1) is 14.7. The molecule has 2 aliphatic rings. The van der Waals surface area contributed by atoms with Crippen LogP contribution in [0.3, 0.4) is 0 Å². The number of carbonyl (C=O) groups excluding carboxylic acids is 2. The fourth-order valence-corrected chi connectivity index (χ4v) is 6.85. The molecule has 11 heteroatoms. The summed E-state index contributed by atoms with van der Waals surface area (Å²) in [5.41, 5.74) is 0.573. The third-order valence-corrected chi connectivity index (χ3v) is 12.7. The summed E-state index contributed by atoms with van der Waals surface area (Å²) in [7, 11) is -2.05. The number of rotatable bonds is 7. The van der Waals surface area contributed by atoms with E-state index in [0.29, 0.717) is 9.76 Å². The number of nitro groups is 1. The van der Waals surface area contributed by atoms with Crippen molar-refractivity contribution in [1.82, 2.24) is 4.90 Å². The quantitative estimate of drug-likeness (QED) is 0.138. The normalized spacial score (nSPS) is 24.1. The van der Waals surface area contributed by atoms with Gasteiger partial charge in [0.1, 0.15) is 6.61 Å². The SMILES string of the molecule is C[C@H](O[Si](C)(C)C(C)(C)C)[C@@H]1C(=O)N2C(C(=O)OCc3ccc([N+](=O)[O-])cc3)C(=S)S[C@H]12. The molecule has 1 aromatic carbocycles. The molecule has 0 spiro atoms. The number of hydrogen-bond donors (Lipinski definition) is 0. The van der Waals surface area contributed by atoms with E-state index in [1.54, 1.807) is 0 Å². The lowest BCUT2D eigenvalue weighted by Crippen LogP contribution is -2.65. The molecule has 2 saturated heterocycles. The number of fused-ring (bicyclic) bond motifs is 1. The summed E-state index contributed by atoms with van der Waals surface area (Å²) >= 11 is 6.76. The lowest BCUT2D eigenvalue weighted by molar-refractivity contribution is -0.384. The molecule has 2 heterocycles. The van der Waals surface area contributed by atoms with Crippen LogP contribution in [0, 0.1) is 16.0 Å². The van der Waals surface area contributed by atoms with Crippen molar-refractivity contribution in [1.29, 1.82) is 0 Å². The minimum absolute atomic E-state index is 0.0239. The molecule has 0 N–H and O–H groups in total. The van der Waals surface area contributed by atoms with Gasteiger partial charge in [-0.1, -0.05) is 44.8 Å². The van der Waals surface area contributed by atoms with Gasteiger partial charge in [-0.15, -0.1) is 0 Å². The van der Waals surface area contributed by atoms with Gasteiger partial charge in [0.05, 0.1) is 26.5 Å². The number of nitro benzene ring substituents is 1. The molecule has 0 saturated carbocycles. The van der Waals surface area contributed by atoms with Crippen LogP contribution in [0.1, 0.15) is 33.3 Å². The predicted molar refractivity (Wildman–Crippen MR) is 129 cm³/mol. The topological polar surface area (TPSA) is 99.0 Å². The van der Waals surface area contributed by atoms with Crippen LogP contribution in [0.4, 0.5) is 5.69 Å². The molecule has 3 rings (SSSR count). The van der Waals surface area contributed by atoms with E-state index in [4.69, 9.17) is 21.4 Å². The zero-order chi connectivity index (χ0) is 24.0. The number of nitrogens with zero attached hydrogens (tertiary/aromatic N) is 2. The molecule has 0 bridgehead atoms. The van der Waals surface area contributed by atoms with Crippen LogP contribution < -0.4 is 0 Å². The highest BCUT2D eigenvalue weighted by atomic mass is 32.2. The summed E-state index contributed by atoms with van der Waals surface area (Å²) in [5, 5.41) is 10.5. The van der Waals surface area contributed by atoms with Crippen molar-refractivity contribution in [2.45, 2.75) is 70.0 Å². The number of benzene rings is 1. The van der Waals surface area contributed by atoms with Crippen molar-refractivity contribution in [3.8, 4) is 0 Å².